The van der Waals surface area contributed by atoms with Crippen LogP contribution >= 0.6 is 11.3 Å². The number of thiazole rings is 1. The van der Waals surface area contributed by atoms with Crippen molar-refractivity contribution in [1.82, 2.24) is 4.98 Å². The zero-order valence-electron chi connectivity index (χ0n) is 17.9. The molecule has 0 saturated heterocycles. The van der Waals surface area contributed by atoms with E-state index in [1.807, 2.05) is 47.8 Å². The van der Waals surface area contributed by atoms with Crippen LogP contribution in [0.5, 0.6) is 17.2 Å². The van der Waals surface area contributed by atoms with E-state index < -0.39 is 0 Å². The summed E-state index contributed by atoms with van der Waals surface area (Å²) in [5.41, 5.74) is 2.73. The zero-order chi connectivity index (χ0) is 21.2. The molecule has 0 fully saturated rings. The van der Waals surface area contributed by atoms with Crippen molar-refractivity contribution in [2.75, 3.05) is 26.1 Å². The Morgan fingerprint density at radius 1 is 0.900 bits per heavy atom. The number of hydrogen-bond donors (Lipinski definition) is 1. The molecule has 3 rings (SSSR count). The van der Waals surface area contributed by atoms with E-state index in [0.29, 0.717) is 0 Å². The van der Waals surface area contributed by atoms with Crippen molar-refractivity contribution >= 4 is 22.2 Å². The summed E-state index contributed by atoms with van der Waals surface area (Å²) in [6.07, 6.45) is 6.21. The molecule has 0 aliphatic heterocycles. The van der Waals surface area contributed by atoms with Gasteiger partial charge in [-0.15, -0.1) is 11.3 Å². The highest BCUT2D eigenvalue weighted by molar-refractivity contribution is 7.14. The van der Waals surface area contributed by atoms with Crippen molar-refractivity contribution in [2.24, 2.45) is 0 Å². The average molecular weight is 427 g/mol. The second kappa shape index (κ2) is 11.5. The molecule has 160 valence electrons. The van der Waals surface area contributed by atoms with Crippen molar-refractivity contribution in [1.29, 1.82) is 0 Å². The molecule has 0 saturated carbocycles. The minimum atomic E-state index is 0.767. The monoisotopic (exact) mass is 426 g/mol. The van der Waals surface area contributed by atoms with Crippen molar-refractivity contribution < 1.29 is 14.2 Å². The van der Waals surface area contributed by atoms with Crippen LogP contribution in [0.3, 0.4) is 0 Å². The third-order valence-electron chi connectivity index (χ3n) is 4.81. The summed E-state index contributed by atoms with van der Waals surface area (Å²) in [6, 6.07) is 13.7. The van der Waals surface area contributed by atoms with Crippen LogP contribution in [0.1, 0.15) is 39.0 Å². The van der Waals surface area contributed by atoms with Crippen LogP contribution in [-0.2, 0) is 0 Å². The number of rotatable bonds is 12. The summed E-state index contributed by atoms with van der Waals surface area (Å²) in [7, 11) is 3.31. The highest BCUT2D eigenvalue weighted by Gasteiger charge is 2.12. The molecule has 0 aliphatic carbocycles. The van der Waals surface area contributed by atoms with Crippen LogP contribution in [0.15, 0.2) is 47.8 Å². The molecule has 0 atom stereocenters. The fraction of sp³-hybridized carbons (Fsp3) is 0.375. The molecular weight excluding hydrogens is 396 g/mol. The van der Waals surface area contributed by atoms with Gasteiger partial charge in [-0.1, -0.05) is 32.6 Å². The lowest BCUT2D eigenvalue weighted by atomic mass is 10.1. The summed E-state index contributed by atoms with van der Waals surface area (Å²) in [5.74, 6) is 2.44. The number of unbranched alkanes of at least 4 members (excludes halogenated alkanes) is 4. The number of nitrogens with one attached hydrogen (secondary N) is 1. The molecule has 1 heterocycles. The smallest absolute Gasteiger partial charge is 0.187 e. The molecule has 0 radical (unpaired) electrons. The number of methoxy groups -OCH3 is 2. The van der Waals surface area contributed by atoms with Crippen molar-refractivity contribution in [3.63, 3.8) is 0 Å². The molecule has 0 aliphatic rings. The number of aromatic nitrogens is 1. The predicted octanol–water partition coefficient (Wildman–Crippen LogP) is 6.92. The van der Waals surface area contributed by atoms with E-state index >= 15 is 0 Å². The largest absolute Gasteiger partial charge is 0.497 e. The third-order valence-corrected chi connectivity index (χ3v) is 5.57. The Morgan fingerprint density at radius 2 is 1.67 bits per heavy atom. The Kier molecular flexibility index (Phi) is 8.39. The first-order valence-electron chi connectivity index (χ1n) is 10.4. The van der Waals surface area contributed by atoms with Crippen LogP contribution in [-0.4, -0.2) is 25.8 Å². The standard InChI is InChI=1S/C24H30N2O3S/c1-4-5-6-7-8-15-29-19-11-9-18(10-12-19)25-24-26-22(17-30-24)21-16-20(27-2)13-14-23(21)28-3/h9-14,16-17H,4-8,15H2,1-3H3,(H,25,26). The molecule has 3 aromatic rings. The molecule has 5 nitrogen and oxygen atoms in total. The van der Waals surface area contributed by atoms with E-state index in [1.165, 1.54) is 25.7 Å². The minimum Gasteiger partial charge on any atom is -0.497 e. The second-order valence-corrected chi connectivity index (χ2v) is 7.87. The summed E-state index contributed by atoms with van der Waals surface area (Å²) in [4.78, 5) is 4.71. The maximum absolute atomic E-state index is 5.83. The van der Waals surface area contributed by atoms with Crippen LogP contribution < -0.4 is 19.5 Å². The van der Waals surface area contributed by atoms with Gasteiger partial charge in [0.05, 0.1) is 26.5 Å². The van der Waals surface area contributed by atoms with Gasteiger partial charge in [-0.2, -0.15) is 0 Å². The van der Waals surface area contributed by atoms with Crippen molar-refractivity contribution in [3.05, 3.63) is 47.8 Å². The number of anilines is 2. The number of benzene rings is 2. The van der Waals surface area contributed by atoms with E-state index in [4.69, 9.17) is 19.2 Å². The van der Waals surface area contributed by atoms with Gasteiger partial charge in [0.25, 0.3) is 0 Å². The highest BCUT2D eigenvalue weighted by atomic mass is 32.1. The van der Waals surface area contributed by atoms with Gasteiger partial charge in [0.2, 0.25) is 0 Å². The average Bonchev–Trinajstić information content (AvgIpc) is 3.25. The first-order valence-corrected chi connectivity index (χ1v) is 11.3. The van der Waals surface area contributed by atoms with Crippen LogP contribution in [0.2, 0.25) is 0 Å². The lowest BCUT2D eigenvalue weighted by Gasteiger charge is -2.09. The molecule has 6 heteroatoms. The Morgan fingerprint density at radius 3 is 2.40 bits per heavy atom. The van der Waals surface area contributed by atoms with Gasteiger partial charge in [0.1, 0.15) is 17.2 Å². The van der Waals surface area contributed by atoms with Crippen LogP contribution in [0.25, 0.3) is 11.3 Å². The van der Waals surface area contributed by atoms with Crippen molar-refractivity contribution in [3.8, 4) is 28.5 Å². The summed E-state index contributed by atoms with van der Waals surface area (Å²) < 4.78 is 16.6. The van der Waals surface area contributed by atoms with Gasteiger partial charge in [0.15, 0.2) is 5.13 Å². The Bertz CT molecular complexity index is 909. The minimum absolute atomic E-state index is 0.767. The molecule has 0 unspecified atom stereocenters. The fourth-order valence-corrected chi connectivity index (χ4v) is 3.85. The molecule has 0 bridgehead atoms. The number of nitrogens with zero attached hydrogens (tertiary/aromatic N) is 1. The molecular formula is C24H30N2O3S. The van der Waals surface area contributed by atoms with E-state index in [0.717, 1.165) is 52.4 Å². The maximum atomic E-state index is 5.83. The SMILES string of the molecule is CCCCCCCOc1ccc(Nc2nc(-c3cc(OC)ccc3OC)cs2)cc1. The quantitative estimate of drug-likeness (QED) is 0.319. The van der Waals surface area contributed by atoms with E-state index in [-0.39, 0.29) is 0 Å². The first kappa shape index (κ1) is 22.0. The van der Waals surface area contributed by atoms with E-state index in [1.54, 1.807) is 25.6 Å². The maximum Gasteiger partial charge on any atom is 0.187 e. The lowest BCUT2D eigenvalue weighted by Crippen LogP contribution is -1.97. The Hall–Kier alpha value is -2.73. The van der Waals surface area contributed by atoms with Crippen molar-refractivity contribution in [2.45, 2.75) is 39.0 Å². The number of ether oxygens (including phenoxy) is 3. The molecule has 2 aromatic carbocycles. The Balaban J connectivity index is 1.57. The molecule has 30 heavy (non-hydrogen) atoms. The van der Waals surface area contributed by atoms with Gasteiger partial charge in [-0.25, -0.2) is 4.98 Å². The first-order chi connectivity index (χ1) is 14.7. The van der Waals surface area contributed by atoms with Gasteiger partial charge in [-0.05, 0) is 48.9 Å². The molecule has 1 N–H and O–H groups in total. The van der Waals surface area contributed by atoms with Crippen LogP contribution in [0.4, 0.5) is 10.8 Å². The lowest BCUT2D eigenvalue weighted by molar-refractivity contribution is 0.304. The molecule has 0 spiro atoms. The van der Waals surface area contributed by atoms with Gasteiger partial charge >= 0.3 is 0 Å². The molecule has 0 amide bonds. The topological polar surface area (TPSA) is 52.6 Å². The highest BCUT2D eigenvalue weighted by Crippen LogP contribution is 2.35. The third kappa shape index (κ3) is 6.13. The van der Waals surface area contributed by atoms with E-state index in [9.17, 15) is 0 Å². The molecule has 1 aromatic heterocycles. The zero-order valence-corrected chi connectivity index (χ0v) is 18.8. The van der Waals surface area contributed by atoms with E-state index in [2.05, 4.69) is 12.2 Å². The summed E-state index contributed by atoms with van der Waals surface area (Å²) >= 11 is 1.55. The summed E-state index contributed by atoms with van der Waals surface area (Å²) in [5, 5.41) is 6.19. The normalized spacial score (nSPS) is 10.6. The fourth-order valence-electron chi connectivity index (χ4n) is 3.12. The number of hydrogen-bond acceptors (Lipinski definition) is 6. The van der Waals surface area contributed by atoms with Crippen LogP contribution in [0, 0.1) is 0 Å². The second-order valence-electron chi connectivity index (χ2n) is 7.02. The predicted molar refractivity (Wildman–Crippen MR) is 125 cm³/mol. The van der Waals surface area contributed by atoms with Gasteiger partial charge < -0.3 is 19.5 Å². The van der Waals surface area contributed by atoms with Gasteiger partial charge in [0, 0.05) is 16.6 Å². The Labute approximate surface area is 183 Å². The van der Waals surface area contributed by atoms with Gasteiger partial charge in [-0.3, -0.25) is 0 Å². The summed E-state index contributed by atoms with van der Waals surface area (Å²) in [6.45, 7) is 3.00.